The van der Waals surface area contributed by atoms with E-state index in [0.717, 1.165) is 5.56 Å². The summed E-state index contributed by atoms with van der Waals surface area (Å²) in [5, 5.41) is 9.36. The maximum absolute atomic E-state index is 10.9. The van der Waals surface area contributed by atoms with Crippen molar-refractivity contribution in [2.75, 3.05) is 0 Å². The van der Waals surface area contributed by atoms with Crippen LogP contribution in [0.5, 0.6) is 0 Å². The van der Waals surface area contributed by atoms with Crippen LogP contribution in [0.1, 0.15) is 17.2 Å². The number of hydrogen-bond acceptors (Lipinski definition) is 3. The van der Waals surface area contributed by atoms with Crippen molar-refractivity contribution >= 4 is 5.97 Å². The second kappa shape index (κ2) is 2.60. The predicted octanol–water partition coefficient (Wildman–Crippen LogP) is 0.777. The first-order chi connectivity index (χ1) is 5.79. The smallest absolute Gasteiger partial charge is 0.339 e. The van der Waals surface area contributed by atoms with E-state index in [1.807, 2.05) is 12.1 Å². The summed E-state index contributed by atoms with van der Waals surface area (Å²) in [5.74, 6) is -0.561. The van der Waals surface area contributed by atoms with Crippen LogP contribution in [0.15, 0.2) is 24.3 Å². The summed E-state index contributed by atoms with van der Waals surface area (Å²) < 4.78 is 4.73. The van der Waals surface area contributed by atoms with Crippen molar-refractivity contribution in [2.24, 2.45) is 0 Å². The summed E-state index contributed by atoms with van der Waals surface area (Å²) in [6.07, 6.45) is -1.10. The third-order valence-electron chi connectivity index (χ3n) is 1.94. The van der Waals surface area contributed by atoms with Crippen molar-refractivity contribution in [3.8, 4) is 0 Å². The lowest BCUT2D eigenvalue weighted by Crippen LogP contribution is -2.22. The van der Waals surface area contributed by atoms with E-state index >= 15 is 0 Å². The molecule has 2 rings (SSSR count). The Kier molecular flexibility index (Phi) is 1.59. The van der Waals surface area contributed by atoms with Crippen LogP contribution in [0, 0.1) is 0 Å². The van der Waals surface area contributed by atoms with Crippen LogP contribution in [0.4, 0.5) is 0 Å². The summed E-state index contributed by atoms with van der Waals surface area (Å²) >= 11 is 0. The van der Waals surface area contributed by atoms with E-state index in [2.05, 4.69) is 0 Å². The monoisotopic (exact) mass is 164 g/mol. The molecule has 0 fully saturated rings. The Hall–Kier alpha value is -1.35. The molecule has 0 radical (unpaired) electrons. The number of benzene rings is 1. The van der Waals surface area contributed by atoms with Crippen molar-refractivity contribution in [2.45, 2.75) is 12.7 Å². The molecule has 3 nitrogen and oxygen atoms in total. The van der Waals surface area contributed by atoms with Gasteiger partial charge in [-0.1, -0.05) is 24.3 Å². The summed E-state index contributed by atoms with van der Waals surface area (Å²) in [5.41, 5.74) is 1.54. The zero-order valence-corrected chi connectivity index (χ0v) is 6.36. The van der Waals surface area contributed by atoms with Gasteiger partial charge >= 0.3 is 5.97 Å². The summed E-state index contributed by atoms with van der Waals surface area (Å²) in [4.78, 5) is 10.9. The predicted molar refractivity (Wildman–Crippen MR) is 41.2 cm³/mol. The van der Waals surface area contributed by atoms with E-state index in [0.29, 0.717) is 5.56 Å². The summed E-state index contributed by atoms with van der Waals surface area (Å²) in [6.45, 7) is 0.270. The molecule has 1 aromatic rings. The van der Waals surface area contributed by atoms with Crippen molar-refractivity contribution < 1.29 is 14.6 Å². The first kappa shape index (κ1) is 7.31. The van der Waals surface area contributed by atoms with Gasteiger partial charge in [0.1, 0.15) is 6.61 Å². The number of aliphatic hydroxyl groups excluding tert-OH is 1. The number of hydrogen-bond donors (Lipinski definition) is 1. The molecule has 0 bridgehead atoms. The third-order valence-corrected chi connectivity index (χ3v) is 1.94. The fourth-order valence-corrected chi connectivity index (χ4v) is 1.29. The number of carbonyl (C=O) groups excluding carboxylic acids is 1. The van der Waals surface area contributed by atoms with Crippen LogP contribution in [0.2, 0.25) is 0 Å². The molecule has 1 N–H and O–H groups in total. The number of aliphatic hydroxyl groups is 1. The molecule has 12 heavy (non-hydrogen) atoms. The zero-order chi connectivity index (χ0) is 8.55. The average molecular weight is 164 g/mol. The lowest BCUT2D eigenvalue weighted by molar-refractivity contribution is -0.157. The van der Waals surface area contributed by atoms with Crippen LogP contribution in [-0.4, -0.2) is 11.1 Å². The molecular formula is C9H8O3. The number of carbonyl (C=O) groups is 1. The number of rotatable bonds is 0. The highest BCUT2D eigenvalue weighted by molar-refractivity contribution is 5.78. The van der Waals surface area contributed by atoms with Crippen LogP contribution >= 0.6 is 0 Å². The fraction of sp³-hybridized carbons (Fsp3) is 0.222. The molecule has 3 heteroatoms. The number of ether oxygens (including phenoxy) is 1. The molecule has 1 aliphatic heterocycles. The van der Waals surface area contributed by atoms with E-state index in [-0.39, 0.29) is 6.61 Å². The molecule has 0 amide bonds. The van der Waals surface area contributed by atoms with Gasteiger partial charge < -0.3 is 9.84 Å². The van der Waals surface area contributed by atoms with E-state index in [1.54, 1.807) is 12.1 Å². The van der Waals surface area contributed by atoms with Gasteiger partial charge in [-0.25, -0.2) is 4.79 Å². The molecule has 0 saturated carbocycles. The fourth-order valence-electron chi connectivity index (χ4n) is 1.29. The van der Waals surface area contributed by atoms with Crippen molar-refractivity contribution in [3.05, 3.63) is 35.4 Å². The molecule has 1 aromatic carbocycles. The molecule has 0 aromatic heterocycles. The van der Waals surface area contributed by atoms with Gasteiger partial charge in [0.15, 0.2) is 6.10 Å². The number of fused-ring (bicyclic) bond motifs is 1. The van der Waals surface area contributed by atoms with E-state index in [4.69, 9.17) is 4.74 Å². The van der Waals surface area contributed by atoms with Crippen molar-refractivity contribution in [1.29, 1.82) is 0 Å². The first-order valence-electron chi connectivity index (χ1n) is 3.71. The summed E-state index contributed by atoms with van der Waals surface area (Å²) in [6, 6.07) is 7.22. The molecule has 0 unspecified atom stereocenters. The Morgan fingerprint density at radius 2 is 2.17 bits per heavy atom. The average Bonchev–Trinajstić information content (AvgIpc) is 2.12. The van der Waals surface area contributed by atoms with Gasteiger partial charge in [0.05, 0.1) is 0 Å². The Labute approximate surface area is 69.6 Å². The second-order valence-corrected chi connectivity index (χ2v) is 2.71. The van der Waals surface area contributed by atoms with E-state index < -0.39 is 12.1 Å². The van der Waals surface area contributed by atoms with Gasteiger partial charge in [-0.05, 0) is 11.1 Å². The molecule has 0 aliphatic carbocycles. The molecular weight excluding hydrogens is 156 g/mol. The Balaban J connectivity index is 2.48. The van der Waals surface area contributed by atoms with E-state index in [1.165, 1.54) is 0 Å². The molecule has 0 saturated heterocycles. The lowest BCUT2D eigenvalue weighted by atomic mass is 10.0. The molecule has 1 heterocycles. The van der Waals surface area contributed by atoms with Crippen LogP contribution in [0.3, 0.4) is 0 Å². The molecule has 1 aliphatic rings. The highest BCUT2D eigenvalue weighted by atomic mass is 16.5. The third kappa shape index (κ3) is 0.987. The summed E-state index contributed by atoms with van der Waals surface area (Å²) in [7, 11) is 0. The van der Waals surface area contributed by atoms with Gasteiger partial charge in [0, 0.05) is 0 Å². The van der Waals surface area contributed by atoms with Gasteiger partial charge in [-0.3, -0.25) is 0 Å². The maximum Gasteiger partial charge on any atom is 0.339 e. The van der Waals surface area contributed by atoms with E-state index in [9.17, 15) is 9.90 Å². The first-order valence-corrected chi connectivity index (χ1v) is 3.71. The molecule has 1 atom stereocenters. The molecule has 62 valence electrons. The van der Waals surface area contributed by atoms with Crippen molar-refractivity contribution in [1.82, 2.24) is 0 Å². The minimum atomic E-state index is -1.10. The van der Waals surface area contributed by atoms with Crippen LogP contribution in [0.25, 0.3) is 0 Å². The largest absolute Gasteiger partial charge is 0.459 e. The quantitative estimate of drug-likeness (QED) is 0.576. The van der Waals surface area contributed by atoms with Gasteiger partial charge in [0.2, 0.25) is 0 Å². The normalized spacial score (nSPS) is 21.4. The van der Waals surface area contributed by atoms with Crippen molar-refractivity contribution in [3.63, 3.8) is 0 Å². The topological polar surface area (TPSA) is 46.5 Å². The number of esters is 1. The zero-order valence-electron chi connectivity index (χ0n) is 6.36. The minimum Gasteiger partial charge on any atom is -0.459 e. The van der Waals surface area contributed by atoms with Crippen LogP contribution < -0.4 is 0 Å². The minimum absolute atomic E-state index is 0.270. The van der Waals surface area contributed by atoms with Crippen LogP contribution in [-0.2, 0) is 16.1 Å². The Bertz CT molecular complexity index is 319. The second-order valence-electron chi connectivity index (χ2n) is 2.71. The maximum atomic E-state index is 10.9. The van der Waals surface area contributed by atoms with Gasteiger partial charge in [-0.2, -0.15) is 0 Å². The molecule has 0 spiro atoms. The Morgan fingerprint density at radius 1 is 1.42 bits per heavy atom. The van der Waals surface area contributed by atoms with Gasteiger partial charge in [0.25, 0.3) is 0 Å². The lowest BCUT2D eigenvalue weighted by Gasteiger charge is -2.19. The van der Waals surface area contributed by atoms with Gasteiger partial charge in [-0.15, -0.1) is 0 Å². The number of cyclic esters (lactones) is 1. The SMILES string of the molecule is O=C1OCc2ccccc2[C@@H]1O. The standard InChI is InChI=1S/C9H8O3/c10-8-7-4-2-1-3-6(7)5-12-9(8)11/h1-4,8,10H,5H2/t8-/m0/s1. The highest BCUT2D eigenvalue weighted by Gasteiger charge is 2.26. The highest BCUT2D eigenvalue weighted by Crippen LogP contribution is 2.24. The Morgan fingerprint density at radius 3 is 3.00 bits per heavy atom.